The van der Waals surface area contributed by atoms with Crippen molar-refractivity contribution in [1.29, 1.82) is 0 Å². The molecule has 0 aliphatic carbocycles. The summed E-state index contributed by atoms with van der Waals surface area (Å²) in [7, 11) is -3.73. The number of hydrogen-bond acceptors (Lipinski definition) is 4. The normalized spacial score (nSPS) is 14.6. The summed E-state index contributed by atoms with van der Waals surface area (Å²) in [4.78, 5) is 0.177. The molecule has 0 spiro atoms. The number of fused-ring (bicyclic) bond motifs is 1. The van der Waals surface area contributed by atoms with Crippen LogP contribution in [0.4, 0.5) is 5.69 Å². The lowest BCUT2D eigenvalue weighted by Gasteiger charge is -2.18. The summed E-state index contributed by atoms with van der Waals surface area (Å²) < 4.78 is 35.4. The summed E-state index contributed by atoms with van der Waals surface area (Å²) in [6.45, 7) is 2.49. The second kappa shape index (κ2) is 7.41. The van der Waals surface area contributed by atoms with Crippen molar-refractivity contribution in [2.75, 3.05) is 5.32 Å². The standard InChI is InChI=1S/C21H17BrN2O3S/c1-14-5-4-6-15(11-14)13-27-19-10-9-16(12-17(19)22)21-23-18-7-2-3-8-20(18)28(25,26)24-21/h2-12H,13H2,1H3,(H,23,24). The number of sulfonamides is 1. The quantitative estimate of drug-likeness (QED) is 0.606. The zero-order valence-electron chi connectivity index (χ0n) is 15.0. The minimum absolute atomic E-state index is 0.177. The van der Waals surface area contributed by atoms with Crippen LogP contribution in [0.3, 0.4) is 0 Å². The van der Waals surface area contributed by atoms with Gasteiger partial charge in [-0.05, 0) is 58.7 Å². The lowest BCUT2D eigenvalue weighted by molar-refractivity contribution is 0.304. The first-order valence-electron chi connectivity index (χ1n) is 8.62. The molecule has 28 heavy (non-hydrogen) atoms. The topological polar surface area (TPSA) is 67.8 Å². The second-order valence-corrected chi connectivity index (χ2v) is 8.89. The molecule has 5 nitrogen and oxygen atoms in total. The van der Waals surface area contributed by atoms with E-state index < -0.39 is 10.0 Å². The summed E-state index contributed by atoms with van der Waals surface area (Å²) in [5.74, 6) is 0.953. The lowest BCUT2D eigenvalue weighted by Crippen LogP contribution is -2.22. The van der Waals surface area contributed by atoms with E-state index in [-0.39, 0.29) is 10.7 Å². The molecular weight excluding hydrogens is 440 g/mol. The zero-order chi connectivity index (χ0) is 19.7. The molecule has 1 aliphatic rings. The smallest absolute Gasteiger partial charge is 0.286 e. The van der Waals surface area contributed by atoms with Crippen LogP contribution in [0.5, 0.6) is 5.75 Å². The fourth-order valence-corrected chi connectivity index (χ4v) is 4.60. The molecule has 4 rings (SSSR count). The van der Waals surface area contributed by atoms with Gasteiger partial charge >= 0.3 is 0 Å². The van der Waals surface area contributed by atoms with Crippen molar-refractivity contribution in [3.63, 3.8) is 0 Å². The van der Waals surface area contributed by atoms with Gasteiger partial charge < -0.3 is 10.1 Å². The van der Waals surface area contributed by atoms with Crippen LogP contribution in [-0.2, 0) is 16.6 Å². The van der Waals surface area contributed by atoms with Crippen LogP contribution in [0.2, 0.25) is 0 Å². The van der Waals surface area contributed by atoms with Crippen LogP contribution >= 0.6 is 15.9 Å². The number of halogens is 1. The van der Waals surface area contributed by atoms with E-state index in [1.165, 1.54) is 11.6 Å². The van der Waals surface area contributed by atoms with Gasteiger partial charge in [-0.25, -0.2) is 0 Å². The summed E-state index contributed by atoms with van der Waals surface area (Å²) in [5.41, 5.74) is 3.42. The first-order valence-corrected chi connectivity index (χ1v) is 10.8. The molecule has 1 aliphatic heterocycles. The van der Waals surface area contributed by atoms with E-state index in [1.807, 2.05) is 25.1 Å². The van der Waals surface area contributed by atoms with Crippen molar-refractivity contribution in [1.82, 2.24) is 0 Å². The van der Waals surface area contributed by atoms with E-state index in [1.54, 1.807) is 36.4 Å². The molecule has 3 aromatic carbocycles. The molecule has 0 unspecified atom stereocenters. The summed E-state index contributed by atoms with van der Waals surface area (Å²) in [5, 5.41) is 3.09. The fraction of sp³-hybridized carbons (Fsp3) is 0.0952. The first kappa shape index (κ1) is 18.7. The highest BCUT2D eigenvalue weighted by Gasteiger charge is 2.25. The van der Waals surface area contributed by atoms with Crippen LogP contribution in [0.25, 0.3) is 0 Å². The molecular formula is C21H17BrN2O3S. The Morgan fingerprint density at radius 2 is 1.86 bits per heavy atom. The van der Waals surface area contributed by atoms with Crippen molar-refractivity contribution in [2.24, 2.45) is 4.40 Å². The second-order valence-electron chi connectivity index (χ2n) is 6.46. The van der Waals surface area contributed by atoms with E-state index >= 15 is 0 Å². The van der Waals surface area contributed by atoms with Crippen molar-refractivity contribution >= 4 is 37.5 Å². The third-order valence-electron chi connectivity index (χ3n) is 4.31. The Kier molecular flexibility index (Phi) is 4.95. The van der Waals surface area contributed by atoms with E-state index in [9.17, 15) is 8.42 Å². The van der Waals surface area contributed by atoms with Gasteiger partial charge in [0, 0.05) is 5.56 Å². The molecule has 0 amide bonds. The Bertz CT molecular complexity index is 1190. The van der Waals surface area contributed by atoms with Crippen LogP contribution in [-0.4, -0.2) is 14.3 Å². The number of nitrogens with one attached hydrogen (secondary N) is 1. The van der Waals surface area contributed by atoms with Gasteiger partial charge in [-0.2, -0.15) is 8.42 Å². The number of para-hydroxylation sites is 1. The van der Waals surface area contributed by atoms with Crippen LogP contribution < -0.4 is 10.1 Å². The molecule has 0 atom stereocenters. The molecule has 0 radical (unpaired) electrons. The molecule has 0 bridgehead atoms. The largest absolute Gasteiger partial charge is 0.488 e. The van der Waals surface area contributed by atoms with Crippen LogP contribution in [0.1, 0.15) is 16.7 Å². The van der Waals surface area contributed by atoms with Crippen molar-refractivity contribution < 1.29 is 13.2 Å². The van der Waals surface area contributed by atoms with Gasteiger partial charge in [-0.3, -0.25) is 0 Å². The zero-order valence-corrected chi connectivity index (χ0v) is 17.4. The monoisotopic (exact) mass is 456 g/mol. The molecule has 0 saturated heterocycles. The maximum Gasteiger partial charge on any atom is 0.286 e. The van der Waals surface area contributed by atoms with Gasteiger partial charge in [0.15, 0.2) is 5.84 Å². The van der Waals surface area contributed by atoms with Gasteiger partial charge in [-0.15, -0.1) is 4.40 Å². The first-order chi connectivity index (χ1) is 13.4. The van der Waals surface area contributed by atoms with Gasteiger partial charge in [0.05, 0.1) is 10.2 Å². The minimum atomic E-state index is -3.73. The summed E-state index contributed by atoms with van der Waals surface area (Å²) in [6, 6.07) is 20.2. The van der Waals surface area contributed by atoms with E-state index in [0.29, 0.717) is 23.6 Å². The Hall–Kier alpha value is -2.64. The number of ether oxygens (including phenoxy) is 1. The summed E-state index contributed by atoms with van der Waals surface area (Å²) >= 11 is 3.50. The lowest BCUT2D eigenvalue weighted by atomic mass is 10.1. The molecule has 142 valence electrons. The Balaban J connectivity index is 1.58. The van der Waals surface area contributed by atoms with E-state index in [4.69, 9.17) is 4.74 Å². The Morgan fingerprint density at radius 3 is 2.64 bits per heavy atom. The third kappa shape index (κ3) is 3.81. The van der Waals surface area contributed by atoms with Crippen LogP contribution in [0.15, 0.2) is 80.5 Å². The molecule has 3 aromatic rings. The number of nitrogens with zero attached hydrogens (tertiary/aromatic N) is 1. The van der Waals surface area contributed by atoms with E-state index in [2.05, 4.69) is 31.7 Å². The molecule has 1 heterocycles. The predicted octanol–water partition coefficient (Wildman–Crippen LogP) is 4.90. The van der Waals surface area contributed by atoms with Crippen molar-refractivity contribution in [2.45, 2.75) is 18.4 Å². The SMILES string of the molecule is Cc1cccc(COc2ccc(C3=NS(=O)(=O)c4ccccc4N3)cc2Br)c1. The Labute approximate surface area is 172 Å². The maximum absolute atomic E-state index is 12.4. The minimum Gasteiger partial charge on any atom is -0.488 e. The highest BCUT2D eigenvalue weighted by Crippen LogP contribution is 2.31. The van der Waals surface area contributed by atoms with Crippen LogP contribution in [0, 0.1) is 6.92 Å². The molecule has 7 heteroatoms. The molecule has 0 saturated carbocycles. The van der Waals surface area contributed by atoms with Gasteiger partial charge in [0.2, 0.25) is 0 Å². The van der Waals surface area contributed by atoms with Gasteiger partial charge in [0.1, 0.15) is 17.3 Å². The molecule has 0 fully saturated rings. The van der Waals surface area contributed by atoms with Gasteiger partial charge in [-0.1, -0.05) is 42.0 Å². The number of aryl methyl sites for hydroxylation is 1. The van der Waals surface area contributed by atoms with Crippen molar-refractivity contribution in [3.8, 4) is 5.75 Å². The number of rotatable bonds is 4. The Morgan fingerprint density at radius 1 is 1.04 bits per heavy atom. The highest BCUT2D eigenvalue weighted by atomic mass is 79.9. The van der Waals surface area contributed by atoms with Crippen molar-refractivity contribution in [3.05, 3.63) is 87.9 Å². The average Bonchev–Trinajstić information content (AvgIpc) is 2.66. The maximum atomic E-state index is 12.4. The van der Waals surface area contributed by atoms with E-state index in [0.717, 1.165) is 10.0 Å². The average molecular weight is 457 g/mol. The number of hydrogen-bond donors (Lipinski definition) is 1. The molecule has 0 aromatic heterocycles. The number of amidine groups is 1. The number of benzene rings is 3. The molecule has 1 N–H and O–H groups in total. The summed E-state index contributed by atoms with van der Waals surface area (Å²) in [6.07, 6.45) is 0. The van der Waals surface area contributed by atoms with Gasteiger partial charge in [0.25, 0.3) is 10.0 Å². The third-order valence-corrected chi connectivity index (χ3v) is 6.27. The highest BCUT2D eigenvalue weighted by molar-refractivity contribution is 9.10. The fourth-order valence-electron chi connectivity index (χ4n) is 2.97. The number of anilines is 1. The predicted molar refractivity (Wildman–Crippen MR) is 113 cm³/mol.